The lowest BCUT2D eigenvalue weighted by Gasteiger charge is -2.09. The number of nitrogen functional groups attached to an aromatic ring is 1. The Morgan fingerprint density at radius 1 is 1.28 bits per heavy atom. The van der Waals surface area contributed by atoms with Crippen molar-refractivity contribution in [3.8, 4) is 0 Å². The average Bonchev–Trinajstić information content (AvgIpc) is 2.56. The van der Waals surface area contributed by atoms with Gasteiger partial charge in [-0.25, -0.2) is 9.97 Å². The molecular weight excluding hydrogens is 228 g/mol. The summed E-state index contributed by atoms with van der Waals surface area (Å²) in [6.07, 6.45) is 1.47. The molecule has 0 aromatic carbocycles. The van der Waals surface area contributed by atoms with Gasteiger partial charge in [-0.3, -0.25) is 4.68 Å². The first-order chi connectivity index (χ1) is 8.50. The van der Waals surface area contributed by atoms with Gasteiger partial charge in [0.1, 0.15) is 18.0 Å². The number of rotatable bonds is 3. The first-order valence-corrected chi connectivity index (χ1v) is 5.80. The number of nitrogens with one attached hydrogen (secondary N) is 1. The summed E-state index contributed by atoms with van der Waals surface area (Å²) in [4.78, 5) is 8.13. The molecule has 6 heteroatoms. The van der Waals surface area contributed by atoms with Crippen LogP contribution < -0.4 is 11.1 Å². The standard InChI is InChI=1S/C12H18N6/c1-7-11(13)15-6-16-12(7)14-5-10-8(2)17-18(4)9(10)3/h6H,5H2,1-4H3,(H3,13,14,15,16). The number of hydrogen-bond acceptors (Lipinski definition) is 5. The van der Waals surface area contributed by atoms with Crippen LogP contribution in [0.5, 0.6) is 0 Å². The van der Waals surface area contributed by atoms with Gasteiger partial charge in [-0.2, -0.15) is 5.10 Å². The molecule has 18 heavy (non-hydrogen) atoms. The maximum atomic E-state index is 5.75. The van der Waals surface area contributed by atoms with Crippen molar-refractivity contribution < 1.29 is 0 Å². The SMILES string of the molecule is Cc1nn(C)c(C)c1CNc1ncnc(N)c1C. The van der Waals surface area contributed by atoms with E-state index in [4.69, 9.17) is 5.73 Å². The van der Waals surface area contributed by atoms with E-state index in [0.717, 1.165) is 22.8 Å². The second kappa shape index (κ2) is 4.64. The fourth-order valence-corrected chi connectivity index (χ4v) is 1.89. The summed E-state index contributed by atoms with van der Waals surface area (Å²) in [6, 6.07) is 0. The Balaban J connectivity index is 2.19. The first kappa shape index (κ1) is 12.3. The van der Waals surface area contributed by atoms with Crippen molar-refractivity contribution >= 4 is 11.6 Å². The molecule has 0 aliphatic heterocycles. The first-order valence-electron chi connectivity index (χ1n) is 5.80. The van der Waals surface area contributed by atoms with Crippen molar-refractivity contribution in [2.75, 3.05) is 11.1 Å². The van der Waals surface area contributed by atoms with E-state index in [1.54, 1.807) is 0 Å². The molecule has 0 bridgehead atoms. The Morgan fingerprint density at radius 3 is 2.61 bits per heavy atom. The molecule has 0 atom stereocenters. The summed E-state index contributed by atoms with van der Waals surface area (Å²) in [5.74, 6) is 1.28. The molecule has 0 saturated heterocycles. The predicted octanol–water partition coefficient (Wildman–Crippen LogP) is 1.33. The minimum Gasteiger partial charge on any atom is -0.383 e. The minimum absolute atomic E-state index is 0.507. The van der Waals surface area contributed by atoms with Gasteiger partial charge in [0.15, 0.2) is 0 Å². The van der Waals surface area contributed by atoms with Gasteiger partial charge >= 0.3 is 0 Å². The third kappa shape index (κ3) is 2.13. The molecule has 0 amide bonds. The fourth-order valence-electron chi connectivity index (χ4n) is 1.89. The largest absolute Gasteiger partial charge is 0.383 e. The van der Waals surface area contributed by atoms with Gasteiger partial charge in [0, 0.05) is 30.4 Å². The van der Waals surface area contributed by atoms with Crippen LogP contribution in [0, 0.1) is 20.8 Å². The van der Waals surface area contributed by atoms with Gasteiger partial charge in [0.2, 0.25) is 0 Å². The second-order valence-corrected chi connectivity index (χ2v) is 4.36. The Kier molecular flexibility index (Phi) is 3.18. The molecule has 0 aliphatic carbocycles. The summed E-state index contributed by atoms with van der Waals surface area (Å²) >= 11 is 0. The quantitative estimate of drug-likeness (QED) is 0.853. The van der Waals surface area contributed by atoms with Crippen molar-refractivity contribution in [2.24, 2.45) is 7.05 Å². The van der Waals surface area contributed by atoms with E-state index in [0.29, 0.717) is 12.4 Å². The van der Waals surface area contributed by atoms with Crippen LogP contribution in [-0.2, 0) is 13.6 Å². The van der Waals surface area contributed by atoms with E-state index in [2.05, 4.69) is 27.3 Å². The fraction of sp³-hybridized carbons (Fsp3) is 0.417. The maximum Gasteiger partial charge on any atom is 0.134 e. The highest BCUT2D eigenvalue weighted by Gasteiger charge is 2.10. The van der Waals surface area contributed by atoms with E-state index in [1.165, 1.54) is 11.9 Å². The zero-order valence-corrected chi connectivity index (χ0v) is 11.2. The number of hydrogen-bond donors (Lipinski definition) is 2. The van der Waals surface area contributed by atoms with Crippen LogP contribution in [0.25, 0.3) is 0 Å². The van der Waals surface area contributed by atoms with Crippen LogP contribution in [0.3, 0.4) is 0 Å². The number of aryl methyl sites for hydroxylation is 2. The highest BCUT2D eigenvalue weighted by molar-refractivity contribution is 5.54. The molecule has 2 aromatic rings. The smallest absolute Gasteiger partial charge is 0.134 e. The lowest BCUT2D eigenvalue weighted by atomic mass is 10.2. The molecule has 0 unspecified atom stereocenters. The predicted molar refractivity (Wildman–Crippen MR) is 71.2 cm³/mol. The maximum absolute atomic E-state index is 5.75. The highest BCUT2D eigenvalue weighted by Crippen LogP contribution is 2.18. The second-order valence-electron chi connectivity index (χ2n) is 4.36. The third-order valence-corrected chi connectivity index (χ3v) is 3.21. The van der Waals surface area contributed by atoms with Crippen LogP contribution in [0.1, 0.15) is 22.5 Å². The molecular formula is C12H18N6. The molecule has 3 N–H and O–H groups in total. The van der Waals surface area contributed by atoms with Gasteiger partial charge in [-0.15, -0.1) is 0 Å². The number of nitrogens with zero attached hydrogens (tertiary/aromatic N) is 4. The summed E-state index contributed by atoms with van der Waals surface area (Å²) in [5, 5.41) is 7.66. The van der Waals surface area contributed by atoms with Crippen LogP contribution in [0.15, 0.2) is 6.33 Å². The lowest BCUT2D eigenvalue weighted by Crippen LogP contribution is -2.07. The zero-order chi connectivity index (χ0) is 13.3. The number of aromatic nitrogens is 4. The molecule has 0 fully saturated rings. The molecule has 0 radical (unpaired) electrons. The van der Waals surface area contributed by atoms with Crippen LogP contribution >= 0.6 is 0 Å². The number of nitrogens with two attached hydrogens (primary N) is 1. The van der Waals surface area contributed by atoms with Crippen molar-refractivity contribution in [3.63, 3.8) is 0 Å². The average molecular weight is 246 g/mol. The highest BCUT2D eigenvalue weighted by atomic mass is 15.3. The zero-order valence-electron chi connectivity index (χ0n) is 11.2. The minimum atomic E-state index is 0.507. The molecule has 2 rings (SSSR count). The number of anilines is 2. The molecule has 6 nitrogen and oxygen atoms in total. The Bertz CT molecular complexity index is 572. The molecule has 2 heterocycles. The van der Waals surface area contributed by atoms with Gasteiger partial charge in [0.25, 0.3) is 0 Å². The normalized spacial score (nSPS) is 10.7. The molecule has 96 valence electrons. The van der Waals surface area contributed by atoms with Gasteiger partial charge in [-0.05, 0) is 20.8 Å². The lowest BCUT2D eigenvalue weighted by molar-refractivity contribution is 0.730. The van der Waals surface area contributed by atoms with Crippen LogP contribution in [0.4, 0.5) is 11.6 Å². The van der Waals surface area contributed by atoms with Gasteiger partial charge in [-0.1, -0.05) is 0 Å². The topological polar surface area (TPSA) is 81.7 Å². The van der Waals surface area contributed by atoms with E-state index in [1.807, 2.05) is 25.6 Å². The summed E-state index contributed by atoms with van der Waals surface area (Å²) in [6.45, 7) is 6.65. The molecule has 0 aliphatic rings. The molecule has 2 aromatic heterocycles. The Hall–Kier alpha value is -2.11. The van der Waals surface area contributed by atoms with Crippen LogP contribution in [0.2, 0.25) is 0 Å². The molecule has 0 spiro atoms. The third-order valence-electron chi connectivity index (χ3n) is 3.21. The van der Waals surface area contributed by atoms with E-state index >= 15 is 0 Å². The van der Waals surface area contributed by atoms with E-state index in [-0.39, 0.29) is 0 Å². The van der Waals surface area contributed by atoms with E-state index < -0.39 is 0 Å². The van der Waals surface area contributed by atoms with Gasteiger partial charge in [0.05, 0.1) is 5.69 Å². The van der Waals surface area contributed by atoms with Crippen molar-refractivity contribution in [3.05, 3.63) is 28.8 Å². The summed E-state index contributed by atoms with van der Waals surface area (Å²) < 4.78 is 1.88. The summed E-state index contributed by atoms with van der Waals surface area (Å²) in [7, 11) is 1.94. The van der Waals surface area contributed by atoms with Crippen molar-refractivity contribution in [2.45, 2.75) is 27.3 Å². The van der Waals surface area contributed by atoms with E-state index in [9.17, 15) is 0 Å². The van der Waals surface area contributed by atoms with Crippen LogP contribution in [-0.4, -0.2) is 19.7 Å². The molecule has 0 saturated carbocycles. The Labute approximate surface area is 106 Å². The Morgan fingerprint density at radius 2 is 2.00 bits per heavy atom. The van der Waals surface area contributed by atoms with Crippen molar-refractivity contribution in [1.82, 2.24) is 19.7 Å². The summed E-state index contributed by atoms with van der Waals surface area (Å²) in [5.41, 5.74) is 9.99. The van der Waals surface area contributed by atoms with Crippen molar-refractivity contribution in [1.29, 1.82) is 0 Å². The monoisotopic (exact) mass is 246 g/mol. The van der Waals surface area contributed by atoms with Gasteiger partial charge < -0.3 is 11.1 Å².